The van der Waals surface area contributed by atoms with Crippen molar-refractivity contribution in [3.05, 3.63) is 69.4 Å². The fourth-order valence-corrected chi connectivity index (χ4v) is 2.12. The SMILES string of the molecule is N=C(N)c1ccc(COCc2ccccc2Br)c(F)c1. The molecule has 2 rings (SSSR count). The van der Waals surface area contributed by atoms with Crippen molar-refractivity contribution in [3.63, 3.8) is 0 Å². The quantitative estimate of drug-likeness (QED) is 0.647. The molecule has 104 valence electrons. The molecule has 0 spiro atoms. The van der Waals surface area contributed by atoms with Crippen molar-refractivity contribution in [1.82, 2.24) is 0 Å². The zero-order valence-electron chi connectivity index (χ0n) is 10.7. The number of rotatable bonds is 5. The van der Waals surface area contributed by atoms with Gasteiger partial charge in [-0.2, -0.15) is 0 Å². The van der Waals surface area contributed by atoms with E-state index in [1.807, 2.05) is 24.3 Å². The summed E-state index contributed by atoms with van der Waals surface area (Å²) in [4.78, 5) is 0. The fraction of sp³-hybridized carbons (Fsp3) is 0.133. The van der Waals surface area contributed by atoms with Crippen molar-refractivity contribution >= 4 is 21.8 Å². The molecule has 0 saturated carbocycles. The van der Waals surface area contributed by atoms with Crippen LogP contribution in [0.3, 0.4) is 0 Å². The van der Waals surface area contributed by atoms with E-state index < -0.39 is 5.82 Å². The van der Waals surface area contributed by atoms with E-state index in [9.17, 15) is 4.39 Å². The van der Waals surface area contributed by atoms with Crippen LogP contribution in [0.5, 0.6) is 0 Å². The first-order valence-corrected chi connectivity index (χ1v) is 6.81. The van der Waals surface area contributed by atoms with E-state index in [2.05, 4.69) is 15.9 Å². The van der Waals surface area contributed by atoms with E-state index in [1.165, 1.54) is 6.07 Å². The maximum atomic E-state index is 13.8. The molecule has 0 unspecified atom stereocenters. The average molecular weight is 337 g/mol. The van der Waals surface area contributed by atoms with Gasteiger partial charge in [-0.3, -0.25) is 5.41 Å². The van der Waals surface area contributed by atoms with Crippen LogP contribution in [0.4, 0.5) is 4.39 Å². The summed E-state index contributed by atoms with van der Waals surface area (Å²) in [6.07, 6.45) is 0. The molecule has 5 heteroatoms. The second-order valence-corrected chi connectivity index (χ2v) is 5.16. The summed E-state index contributed by atoms with van der Waals surface area (Å²) in [6, 6.07) is 12.2. The predicted octanol–water partition coefficient (Wildman–Crippen LogP) is 3.59. The smallest absolute Gasteiger partial charge is 0.129 e. The zero-order chi connectivity index (χ0) is 14.5. The number of hydrogen-bond donors (Lipinski definition) is 2. The average Bonchev–Trinajstić information content (AvgIpc) is 2.42. The van der Waals surface area contributed by atoms with Gasteiger partial charge in [-0.05, 0) is 17.7 Å². The molecule has 0 radical (unpaired) electrons. The standard InChI is InChI=1S/C15H14BrFN2O/c16-13-4-2-1-3-11(13)8-20-9-12-6-5-10(15(18)19)7-14(12)17/h1-7H,8-9H2,(H3,18,19). The van der Waals surface area contributed by atoms with Crippen LogP contribution in [0.1, 0.15) is 16.7 Å². The molecule has 2 aromatic carbocycles. The summed E-state index contributed by atoms with van der Waals surface area (Å²) in [7, 11) is 0. The first kappa shape index (κ1) is 14.7. The number of ether oxygens (including phenoxy) is 1. The highest BCUT2D eigenvalue weighted by atomic mass is 79.9. The Hall–Kier alpha value is -1.72. The summed E-state index contributed by atoms with van der Waals surface area (Å²) in [5.74, 6) is -0.561. The molecule has 3 nitrogen and oxygen atoms in total. The molecule has 0 aromatic heterocycles. The molecule has 0 amide bonds. The van der Waals surface area contributed by atoms with Gasteiger partial charge in [0.25, 0.3) is 0 Å². The van der Waals surface area contributed by atoms with Gasteiger partial charge in [-0.25, -0.2) is 4.39 Å². The Morgan fingerprint density at radius 3 is 2.50 bits per heavy atom. The van der Waals surface area contributed by atoms with E-state index in [4.69, 9.17) is 15.9 Å². The van der Waals surface area contributed by atoms with Gasteiger partial charge in [0, 0.05) is 15.6 Å². The van der Waals surface area contributed by atoms with Crippen molar-refractivity contribution in [3.8, 4) is 0 Å². The molecule has 0 fully saturated rings. The minimum absolute atomic E-state index is 0.149. The van der Waals surface area contributed by atoms with E-state index in [0.29, 0.717) is 17.7 Å². The Balaban J connectivity index is 1.98. The summed E-state index contributed by atoms with van der Waals surface area (Å²) >= 11 is 3.43. The van der Waals surface area contributed by atoms with Gasteiger partial charge in [-0.15, -0.1) is 0 Å². The Kier molecular flexibility index (Phi) is 4.87. The second-order valence-electron chi connectivity index (χ2n) is 4.30. The lowest BCUT2D eigenvalue weighted by molar-refractivity contribution is 0.104. The summed E-state index contributed by atoms with van der Waals surface area (Å²) < 4.78 is 20.3. The third-order valence-corrected chi connectivity index (χ3v) is 3.61. The van der Waals surface area contributed by atoms with E-state index in [1.54, 1.807) is 12.1 Å². The van der Waals surface area contributed by atoms with Gasteiger partial charge in [0.1, 0.15) is 11.7 Å². The Morgan fingerprint density at radius 1 is 1.15 bits per heavy atom. The number of hydrogen-bond acceptors (Lipinski definition) is 2. The minimum atomic E-state index is -0.412. The molecule has 20 heavy (non-hydrogen) atoms. The number of nitrogen functional groups attached to an aromatic ring is 1. The number of benzene rings is 2. The van der Waals surface area contributed by atoms with Crippen LogP contribution in [0.25, 0.3) is 0 Å². The second kappa shape index (κ2) is 6.63. The normalized spacial score (nSPS) is 10.5. The maximum absolute atomic E-state index is 13.8. The zero-order valence-corrected chi connectivity index (χ0v) is 12.3. The first-order valence-electron chi connectivity index (χ1n) is 6.02. The van der Waals surface area contributed by atoms with Gasteiger partial charge in [0.15, 0.2) is 0 Å². The predicted molar refractivity (Wildman–Crippen MR) is 80.1 cm³/mol. The number of nitrogens with two attached hydrogens (primary N) is 1. The van der Waals surface area contributed by atoms with E-state index >= 15 is 0 Å². The Morgan fingerprint density at radius 2 is 1.85 bits per heavy atom. The van der Waals surface area contributed by atoms with Crippen molar-refractivity contribution in [2.24, 2.45) is 5.73 Å². The monoisotopic (exact) mass is 336 g/mol. The highest BCUT2D eigenvalue weighted by molar-refractivity contribution is 9.10. The highest BCUT2D eigenvalue weighted by Crippen LogP contribution is 2.18. The van der Waals surface area contributed by atoms with Crippen LogP contribution in [0, 0.1) is 11.2 Å². The molecule has 0 aliphatic carbocycles. The fourth-order valence-electron chi connectivity index (χ4n) is 1.72. The molecule has 3 N–H and O–H groups in total. The van der Waals surface area contributed by atoms with E-state index in [0.717, 1.165) is 10.0 Å². The van der Waals surface area contributed by atoms with Crippen LogP contribution in [-0.4, -0.2) is 5.84 Å². The first-order chi connectivity index (χ1) is 9.58. The van der Waals surface area contributed by atoms with Crippen molar-refractivity contribution in [2.45, 2.75) is 13.2 Å². The van der Waals surface area contributed by atoms with Gasteiger partial charge in [-0.1, -0.05) is 46.3 Å². The Labute approximate surface area is 125 Å². The molecule has 2 aromatic rings. The van der Waals surface area contributed by atoms with Crippen LogP contribution in [0.15, 0.2) is 46.9 Å². The van der Waals surface area contributed by atoms with Gasteiger partial charge in [0.05, 0.1) is 13.2 Å². The van der Waals surface area contributed by atoms with Crippen LogP contribution in [-0.2, 0) is 18.0 Å². The highest BCUT2D eigenvalue weighted by Gasteiger charge is 2.06. The van der Waals surface area contributed by atoms with E-state index in [-0.39, 0.29) is 12.4 Å². The lowest BCUT2D eigenvalue weighted by atomic mass is 10.1. The minimum Gasteiger partial charge on any atom is -0.384 e. The van der Waals surface area contributed by atoms with Crippen LogP contribution < -0.4 is 5.73 Å². The molecule has 0 saturated heterocycles. The molecule has 0 bridgehead atoms. The Bertz CT molecular complexity index is 631. The summed E-state index contributed by atoms with van der Waals surface area (Å²) in [5, 5.41) is 7.25. The van der Waals surface area contributed by atoms with Gasteiger partial charge in [0.2, 0.25) is 0 Å². The topological polar surface area (TPSA) is 59.1 Å². The lowest BCUT2D eigenvalue weighted by Crippen LogP contribution is -2.11. The van der Waals surface area contributed by atoms with Gasteiger partial charge < -0.3 is 10.5 Å². The van der Waals surface area contributed by atoms with Gasteiger partial charge >= 0.3 is 0 Å². The number of nitrogens with one attached hydrogen (secondary N) is 1. The molecule has 0 heterocycles. The molecule has 0 atom stereocenters. The van der Waals surface area contributed by atoms with Crippen LogP contribution >= 0.6 is 15.9 Å². The summed E-state index contributed by atoms with van der Waals surface area (Å²) in [6.45, 7) is 0.570. The molecule has 0 aliphatic heterocycles. The lowest BCUT2D eigenvalue weighted by Gasteiger charge is -2.08. The van der Waals surface area contributed by atoms with Crippen molar-refractivity contribution < 1.29 is 9.13 Å². The summed E-state index contributed by atoms with van der Waals surface area (Å²) in [5.41, 5.74) is 7.13. The third kappa shape index (κ3) is 3.65. The van der Waals surface area contributed by atoms with Crippen molar-refractivity contribution in [1.29, 1.82) is 5.41 Å². The van der Waals surface area contributed by atoms with Crippen LogP contribution in [0.2, 0.25) is 0 Å². The molecule has 0 aliphatic rings. The third-order valence-electron chi connectivity index (χ3n) is 2.84. The number of halogens is 2. The van der Waals surface area contributed by atoms with Crippen molar-refractivity contribution in [2.75, 3.05) is 0 Å². The molecular weight excluding hydrogens is 323 g/mol. The maximum Gasteiger partial charge on any atom is 0.129 e. The number of amidine groups is 1. The molecular formula is C15H14BrFN2O. The largest absolute Gasteiger partial charge is 0.384 e.